The summed E-state index contributed by atoms with van der Waals surface area (Å²) in [6, 6.07) is 10.9. The molecule has 1 N–H and O–H groups in total. The van der Waals surface area contributed by atoms with Crippen molar-refractivity contribution in [3.8, 4) is 34.7 Å². The Hall–Kier alpha value is -4.33. The SMILES string of the molecule is CCOC(=O)CC1CCc2c1[nH]c1ccc(-c3noc(-c4ccc(OC(F)(F)F)c(C#N)c4)n3)cc21. The highest BCUT2D eigenvalue weighted by Gasteiger charge is 2.32. The number of rotatable bonds is 6. The van der Waals surface area contributed by atoms with Crippen molar-refractivity contribution in [3.63, 3.8) is 0 Å². The molecular weight excluding hydrogens is 477 g/mol. The summed E-state index contributed by atoms with van der Waals surface area (Å²) in [6.07, 6.45) is -2.92. The first-order chi connectivity index (χ1) is 17.3. The van der Waals surface area contributed by atoms with Gasteiger partial charge in [0.15, 0.2) is 0 Å². The molecule has 0 saturated heterocycles. The van der Waals surface area contributed by atoms with E-state index in [1.807, 2.05) is 18.2 Å². The molecule has 0 bridgehead atoms. The highest BCUT2D eigenvalue weighted by atomic mass is 19.4. The third-order valence-electron chi connectivity index (χ3n) is 6.07. The van der Waals surface area contributed by atoms with Crippen molar-refractivity contribution < 1.29 is 32.0 Å². The van der Waals surface area contributed by atoms with E-state index in [0.717, 1.165) is 41.1 Å². The van der Waals surface area contributed by atoms with Crippen LogP contribution in [0.2, 0.25) is 0 Å². The molecule has 2 heterocycles. The Balaban J connectivity index is 1.42. The average molecular weight is 496 g/mol. The average Bonchev–Trinajstić information content (AvgIpc) is 3.55. The highest BCUT2D eigenvalue weighted by Crippen LogP contribution is 2.40. The van der Waals surface area contributed by atoms with Crippen molar-refractivity contribution in [2.45, 2.75) is 38.5 Å². The minimum Gasteiger partial charge on any atom is -0.466 e. The molecule has 11 heteroatoms. The third-order valence-corrected chi connectivity index (χ3v) is 6.07. The summed E-state index contributed by atoms with van der Waals surface area (Å²) < 4.78 is 52.0. The number of benzene rings is 2. The van der Waals surface area contributed by atoms with Gasteiger partial charge in [-0.25, -0.2) is 0 Å². The van der Waals surface area contributed by atoms with Gasteiger partial charge in [0.1, 0.15) is 11.8 Å². The van der Waals surface area contributed by atoms with Crippen molar-refractivity contribution in [2.24, 2.45) is 0 Å². The number of nitrogens with one attached hydrogen (secondary N) is 1. The molecule has 184 valence electrons. The fraction of sp³-hybridized carbons (Fsp3) is 0.280. The number of carbonyl (C=O) groups excluding carboxylic acids is 1. The van der Waals surface area contributed by atoms with Gasteiger partial charge in [-0.05, 0) is 61.7 Å². The monoisotopic (exact) mass is 496 g/mol. The molecule has 0 saturated carbocycles. The maximum atomic E-state index is 12.6. The van der Waals surface area contributed by atoms with Crippen LogP contribution >= 0.6 is 0 Å². The summed E-state index contributed by atoms with van der Waals surface area (Å²) in [5.41, 5.74) is 3.76. The number of alkyl halides is 3. The van der Waals surface area contributed by atoms with Gasteiger partial charge in [-0.3, -0.25) is 4.79 Å². The van der Waals surface area contributed by atoms with Crippen LogP contribution in [0.25, 0.3) is 33.7 Å². The molecule has 1 unspecified atom stereocenters. The van der Waals surface area contributed by atoms with Gasteiger partial charge in [-0.1, -0.05) is 5.16 Å². The largest absolute Gasteiger partial charge is 0.573 e. The summed E-state index contributed by atoms with van der Waals surface area (Å²) in [7, 11) is 0. The van der Waals surface area contributed by atoms with Gasteiger partial charge in [0.2, 0.25) is 5.82 Å². The number of fused-ring (bicyclic) bond motifs is 3. The fourth-order valence-electron chi connectivity index (χ4n) is 4.54. The molecule has 0 aliphatic heterocycles. The predicted molar refractivity (Wildman–Crippen MR) is 121 cm³/mol. The second-order valence-electron chi connectivity index (χ2n) is 8.32. The number of ether oxygens (including phenoxy) is 2. The number of aryl methyl sites for hydroxylation is 1. The van der Waals surface area contributed by atoms with Gasteiger partial charge >= 0.3 is 12.3 Å². The molecule has 8 nitrogen and oxygen atoms in total. The molecule has 0 radical (unpaired) electrons. The first-order valence-corrected chi connectivity index (χ1v) is 11.2. The molecule has 1 aliphatic carbocycles. The number of hydrogen-bond acceptors (Lipinski definition) is 7. The highest BCUT2D eigenvalue weighted by molar-refractivity contribution is 5.89. The van der Waals surface area contributed by atoms with Crippen LogP contribution in [0, 0.1) is 11.3 Å². The van der Waals surface area contributed by atoms with Crippen molar-refractivity contribution in [1.82, 2.24) is 15.1 Å². The van der Waals surface area contributed by atoms with E-state index in [9.17, 15) is 23.2 Å². The van der Waals surface area contributed by atoms with Crippen LogP contribution < -0.4 is 4.74 Å². The Morgan fingerprint density at radius 2 is 2.06 bits per heavy atom. The maximum Gasteiger partial charge on any atom is 0.573 e. The summed E-state index contributed by atoms with van der Waals surface area (Å²) in [5.74, 6) is -0.413. The smallest absolute Gasteiger partial charge is 0.466 e. The molecule has 0 amide bonds. The number of halogens is 3. The second kappa shape index (κ2) is 9.03. The molecule has 4 aromatic rings. The summed E-state index contributed by atoms with van der Waals surface area (Å²) in [5, 5.41) is 14.2. The lowest BCUT2D eigenvalue weighted by Crippen LogP contribution is -2.17. The lowest BCUT2D eigenvalue weighted by atomic mass is 10.0. The molecule has 2 aromatic carbocycles. The molecule has 1 aliphatic rings. The quantitative estimate of drug-likeness (QED) is 0.344. The van der Waals surface area contributed by atoms with Crippen molar-refractivity contribution in [2.75, 3.05) is 6.61 Å². The minimum atomic E-state index is -4.92. The van der Waals surface area contributed by atoms with E-state index >= 15 is 0 Å². The Morgan fingerprint density at radius 1 is 1.25 bits per heavy atom. The van der Waals surface area contributed by atoms with E-state index < -0.39 is 12.1 Å². The van der Waals surface area contributed by atoms with Gasteiger partial charge in [0.05, 0.1) is 18.6 Å². The van der Waals surface area contributed by atoms with E-state index in [1.165, 1.54) is 12.1 Å². The van der Waals surface area contributed by atoms with Crippen molar-refractivity contribution >= 4 is 16.9 Å². The van der Waals surface area contributed by atoms with E-state index in [0.29, 0.717) is 18.6 Å². The van der Waals surface area contributed by atoms with E-state index in [4.69, 9.17) is 9.26 Å². The molecule has 5 rings (SSSR count). The molecule has 1 atom stereocenters. The molecule has 0 fully saturated rings. The first-order valence-electron chi connectivity index (χ1n) is 11.2. The zero-order chi connectivity index (χ0) is 25.4. The van der Waals surface area contributed by atoms with Gasteiger partial charge in [0, 0.05) is 33.6 Å². The van der Waals surface area contributed by atoms with Crippen LogP contribution in [0.1, 0.15) is 42.5 Å². The van der Waals surface area contributed by atoms with E-state index in [1.54, 1.807) is 13.0 Å². The number of esters is 1. The number of carbonyl (C=O) groups is 1. The molecule has 36 heavy (non-hydrogen) atoms. The van der Waals surface area contributed by atoms with Gasteiger partial charge < -0.3 is 19.0 Å². The van der Waals surface area contributed by atoms with Gasteiger partial charge in [-0.15, -0.1) is 13.2 Å². The normalized spacial score (nSPS) is 15.0. The standard InChI is InChI=1S/C25H19F3N4O4/c1-2-34-21(33)11-13-3-6-17-18-10-14(4-7-19(18)30-22(13)17)23-31-24(36-32-23)15-5-8-20(16(9-15)12-29)35-25(26,27)28/h4-5,7-10,13,30H,2-3,6,11H2,1H3. The van der Waals surface area contributed by atoms with E-state index in [-0.39, 0.29) is 34.7 Å². The van der Waals surface area contributed by atoms with Gasteiger partial charge in [-0.2, -0.15) is 10.2 Å². The lowest BCUT2D eigenvalue weighted by molar-refractivity contribution is -0.274. The minimum absolute atomic E-state index is 0.0500. The van der Waals surface area contributed by atoms with Crippen LogP contribution in [0.3, 0.4) is 0 Å². The second-order valence-corrected chi connectivity index (χ2v) is 8.32. The summed E-state index contributed by atoms with van der Waals surface area (Å²) in [4.78, 5) is 19.8. The van der Waals surface area contributed by atoms with Crippen LogP contribution in [-0.4, -0.2) is 34.1 Å². The Labute approximate surface area is 202 Å². The molecule has 2 aromatic heterocycles. The predicted octanol–water partition coefficient (Wildman–Crippen LogP) is 5.64. The number of nitriles is 1. The van der Waals surface area contributed by atoms with E-state index in [2.05, 4.69) is 19.9 Å². The van der Waals surface area contributed by atoms with Crippen LogP contribution in [-0.2, 0) is 16.0 Å². The molecule has 0 spiro atoms. The fourth-order valence-corrected chi connectivity index (χ4v) is 4.54. The summed E-state index contributed by atoms with van der Waals surface area (Å²) >= 11 is 0. The number of aromatic amines is 1. The van der Waals surface area contributed by atoms with Crippen LogP contribution in [0.15, 0.2) is 40.9 Å². The Morgan fingerprint density at radius 3 is 2.81 bits per heavy atom. The number of aromatic nitrogens is 3. The van der Waals surface area contributed by atoms with Crippen LogP contribution in [0.5, 0.6) is 5.75 Å². The summed E-state index contributed by atoms with van der Waals surface area (Å²) in [6.45, 7) is 2.14. The van der Waals surface area contributed by atoms with Crippen molar-refractivity contribution in [3.05, 3.63) is 53.2 Å². The number of nitrogens with zero attached hydrogens (tertiary/aromatic N) is 3. The van der Waals surface area contributed by atoms with Crippen LogP contribution in [0.4, 0.5) is 13.2 Å². The topological polar surface area (TPSA) is 114 Å². The maximum absolute atomic E-state index is 12.6. The first kappa shape index (κ1) is 23.4. The lowest BCUT2D eigenvalue weighted by Gasteiger charge is -2.10. The molecular formula is C25H19F3N4O4. The zero-order valence-electron chi connectivity index (χ0n) is 19.0. The number of hydrogen-bond donors (Lipinski definition) is 1. The third kappa shape index (κ3) is 4.49. The van der Waals surface area contributed by atoms with Gasteiger partial charge in [0.25, 0.3) is 5.89 Å². The number of H-pyrrole nitrogens is 1. The van der Waals surface area contributed by atoms with Crippen molar-refractivity contribution in [1.29, 1.82) is 5.26 Å². The Kier molecular flexibility index (Phi) is 5.88. The Bertz CT molecular complexity index is 1500. The zero-order valence-corrected chi connectivity index (χ0v) is 19.0.